The van der Waals surface area contributed by atoms with Gasteiger partial charge < -0.3 is 14.6 Å². The fraction of sp³-hybridized carbons (Fsp3) is 0.161. The number of nitrogens with one attached hydrogen (secondary N) is 2. The molecule has 0 atom stereocenters. The lowest BCUT2D eigenvalue weighted by Crippen LogP contribution is -2.46. The van der Waals surface area contributed by atoms with Crippen LogP contribution in [-0.4, -0.2) is 42.1 Å². The molecule has 0 unspecified atom stereocenters. The summed E-state index contributed by atoms with van der Waals surface area (Å²) in [5.74, 6) is 0.832. The van der Waals surface area contributed by atoms with Gasteiger partial charge in [-0.1, -0.05) is 53.0 Å². The first-order chi connectivity index (χ1) is 19.8. The van der Waals surface area contributed by atoms with Crippen molar-refractivity contribution in [3.05, 3.63) is 111 Å². The number of thiocarbonyl (C=S) groups is 1. The van der Waals surface area contributed by atoms with Crippen LogP contribution in [0.2, 0.25) is 15.1 Å². The van der Waals surface area contributed by atoms with Gasteiger partial charge in [0.1, 0.15) is 11.5 Å². The van der Waals surface area contributed by atoms with Crippen molar-refractivity contribution < 1.29 is 9.21 Å². The number of anilines is 2. The molecule has 1 amide bonds. The first-order valence-electron chi connectivity index (χ1n) is 13.0. The molecule has 1 fully saturated rings. The predicted octanol–water partition coefficient (Wildman–Crippen LogP) is 7.76. The second-order valence-electron chi connectivity index (χ2n) is 9.51. The van der Waals surface area contributed by atoms with Crippen LogP contribution in [0.4, 0.5) is 11.4 Å². The number of amides is 1. The van der Waals surface area contributed by atoms with E-state index in [0.29, 0.717) is 27.3 Å². The summed E-state index contributed by atoms with van der Waals surface area (Å²) in [7, 11) is 0. The molecule has 0 saturated carbocycles. The molecule has 1 aromatic heterocycles. The lowest BCUT2D eigenvalue weighted by atomic mass is 10.2. The second-order valence-corrected chi connectivity index (χ2v) is 11.2. The predicted molar refractivity (Wildman–Crippen MR) is 173 cm³/mol. The minimum Gasteiger partial charge on any atom is -0.457 e. The molecule has 6 nitrogen and oxygen atoms in total. The summed E-state index contributed by atoms with van der Waals surface area (Å²) >= 11 is 24.2. The molecule has 5 rings (SSSR count). The minimum absolute atomic E-state index is 0.165. The number of hydrogen-bond donors (Lipinski definition) is 2. The molecule has 2 heterocycles. The third kappa shape index (κ3) is 7.91. The zero-order chi connectivity index (χ0) is 28.8. The molecule has 1 saturated heterocycles. The van der Waals surface area contributed by atoms with Crippen molar-refractivity contribution in [2.24, 2.45) is 0 Å². The van der Waals surface area contributed by atoms with E-state index in [1.54, 1.807) is 24.3 Å². The van der Waals surface area contributed by atoms with Crippen LogP contribution in [0.3, 0.4) is 0 Å². The summed E-state index contributed by atoms with van der Waals surface area (Å²) in [5.41, 5.74) is 3.68. The van der Waals surface area contributed by atoms with Crippen molar-refractivity contribution in [1.29, 1.82) is 0 Å². The number of furan rings is 1. The molecule has 1 aliphatic rings. The van der Waals surface area contributed by atoms with Gasteiger partial charge in [0.25, 0.3) is 0 Å². The number of carbonyl (C=O) groups is 1. The van der Waals surface area contributed by atoms with Gasteiger partial charge in [-0.3, -0.25) is 15.0 Å². The van der Waals surface area contributed by atoms with Gasteiger partial charge in [-0.2, -0.15) is 0 Å². The van der Waals surface area contributed by atoms with Crippen LogP contribution in [0.25, 0.3) is 17.4 Å². The normalized spacial score (nSPS) is 13.9. The maximum Gasteiger partial charge on any atom is 0.250 e. The topological polar surface area (TPSA) is 60.8 Å². The summed E-state index contributed by atoms with van der Waals surface area (Å²) in [4.78, 5) is 17.1. The van der Waals surface area contributed by atoms with Crippen LogP contribution < -0.4 is 15.5 Å². The molecule has 41 heavy (non-hydrogen) atoms. The maximum atomic E-state index is 12.4. The Morgan fingerprint density at radius 3 is 2.39 bits per heavy atom. The smallest absolute Gasteiger partial charge is 0.250 e. The van der Waals surface area contributed by atoms with Crippen molar-refractivity contribution in [1.82, 2.24) is 10.2 Å². The van der Waals surface area contributed by atoms with Crippen molar-refractivity contribution in [3.63, 3.8) is 0 Å². The van der Waals surface area contributed by atoms with E-state index in [2.05, 4.69) is 26.5 Å². The van der Waals surface area contributed by atoms with Crippen LogP contribution in [0.15, 0.2) is 89.4 Å². The number of carbonyl (C=O) groups excluding carboxylic acids is 1. The average molecular weight is 626 g/mol. The first-order valence-corrected chi connectivity index (χ1v) is 14.5. The van der Waals surface area contributed by atoms with Crippen molar-refractivity contribution >= 4 is 75.5 Å². The third-order valence-corrected chi connectivity index (χ3v) is 7.79. The zero-order valence-electron chi connectivity index (χ0n) is 21.9. The number of hydrogen-bond acceptors (Lipinski definition) is 5. The van der Waals surface area contributed by atoms with Gasteiger partial charge >= 0.3 is 0 Å². The van der Waals surface area contributed by atoms with Gasteiger partial charge in [0.05, 0.1) is 10.7 Å². The van der Waals surface area contributed by atoms with E-state index < -0.39 is 0 Å². The fourth-order valence-electron chi connectivity index (χ4n) is 4.54. The highest BCUT2D eigenvalue weighted by Gasteiger charge is 2.20. The van der Waals surface area contributed by atoms with E-state index in [9.17, 15) is 4.79 Å². The van der Waals surface area contributed by atoms with Crippen LogP contribution in [-0.2, 0) is 11.3 Å². The fourth-order valence-corrected chi connectivity index (χ4v) is 5.38. The summed E-state index contributed by atoms with van der Waals surface area (Å²) in [5, 5.41) is 7.88. The van der Waals surface area contributed by atoms with E-state index in [4.69, 9.17) is 51.4 Å². The minimum atomic E-state index is -0.385. The van der Waals surface area contributed by atoms with Crippen molar-refractivity contribution in [2.75, 3.05) is 36.4 Å². The molecule has 210 valence electrons. The Kier molecular flexibility index (Phi) is 9.64. The highest BCUT2D eigenvalue weighted by atomic mass is 35.5. The Bertz CT molecular complexity index is 1560. The highest BCUT2D eigenvalue weighted by molar-refractivity contribution is 7.80. The van der Waals surface area contributed by atoms with Gasteiger partial charge in [-0.25, -0.2) is 0 Å². The molecule has 0 spiro atoms. The molecular formula is C31H27Cl3N4O2S. The molecule has 4 aromatic rings. The van der Waals surface area contributed by atoms with Crippen LogP contribution in [0.1, 0.15) is 11.3 Å². The Morgan fingerprint density at radius 2 is 1.66 bits per heavy atom. The highest BCUT2D eigenvalue weighted by Crippen LogP contribution is 2.30. The van der Waals surface area contributed by atoms with E-state index in [1.807, 2.05) is 54.6 Å². The second kappa shape index (κ2) is 13.6. The summed E-state index contributed by atoms with van der Waals surface area (Å²) in [6.07, 6.45) is 2.94. The SMILES string of the molecule is O=C(C=Cc1ccc(-c2ccc(Cl)cc2)o1)NC(=S)Nc1ccc(N2CCN(Cc3ccccc3Cl)CC2)c(Cl)c1. The molecular weight excluding hydrogens is 599 g/mol. The summed E-state index contributed by atoms with van der Waals surface area (Å²) in [6, 6.07) is 24.6. The number of piperazine rings is 1. The number of benzene rings is 3. The number of halogens is 3. The summed E-state index contributed by atoms with van der Waals surface area (Å²) in [6.45, 7) is 4.36. The Hall–Kier alpha value is -3.33. The van der Waals surface area contributed by atoms with E-state index in [-0.39, 0.29) is 11.0 Å². The monoisotopic (exact) mass is 624 g/mol. The van der Waals surface area contributed by atoms with Gasteiger partial charge in [0.2, 0.25) is 5.91 Å². The lowest BCUT2D eigenvalue weighted by molar-refractivity contribution is -0.115. The van der Waals surface area contributed by atoms with Gasteiger partial charge in [0, 0.05) is 60.1 Å². The van der Waals surface area contributed by atoms with E-state index >= 15 is 0 Å². The number of nitrogens with zero attached hydrogens (tertiary/aromatic N) is 2. The first kappa shape index (κ1) is 29.2. The average Bonchev–Trinajstić information content (AvgIpc) is 3.43. The number of rotatable bonds is 7. The van der Waals surface area contributed by atoms with Gasteiger partial charge in [-0.15, -0.1) is 0 Å². The lowest BCUT2D eigenvalue weighted by Gasteiger charge is -2.36. The standard InChI is InChI=1S/C31H27Cl3N4O2S/c32-23-7-5-21(6-8-23)29-13-10-25(40-29)11-14-30(39)36-31(41)35-24-9-12-28(27(34)19-24)38-17-15-37(16-18-38)20-22-3-1-2-4-26(22)33/h1-14,19H,15-18,20H2,(H2,35,36,39,41). The molecule has 0 bridgehead atoms. The van der Waals surface area contributed by atoms with Crippen LogP contribution in [0.5, 0.6) is 0 Å². The molecule has 0 radical (unpaired) electrons. The Labute approximate surface area is 259 Å². The summed E-state index contributed by atoms with van der Waals surface area (Å²) < 4.78 is 5.79. The van der Waals surface area contributed by atoms with Gasteiger partial charge in [0.15, 0.2) is 5.11 Å². The van der Waals surface area contributed by atoms with E-state index in [1.165, 1.54) is 6.08 Å². The molecule has 2 N–H and O–H groups in total. The quantitative estimate of drug-likeness (QED) is 0.162. The largest absolute Gasteiger partial charge is 0.457 e. The van der Waals surface area contributed by atoms with E-state index in [0.717, 1.165) is 54.6 Å². The molecule has 1 aliphatic heterocycles. The van der Waals surface area contributed by atoms with Gasteiger partial charge in [-0.05, 0) is 84.5 Å². The van der Waals surface area contributed by atoms with Crippen molar-refractivity contribution in [2.45, 2.75) is 6.54 Å². The maximum absolute atomic E-state index is 12.4. The van der Waals surface area contributed by atoms with Crippen LogP contribution >= 0.6 is 47.0 Å². The zero-order valence-corrected chi connectivity index (χ0v) is 25.0. The Morgan fingerprint density at radius 1 is 0.902 bits per heavy atom. The molecule has 3 aromatic carbocycles. The Balaban J connectivity index is 1.10. The van der Waals surface area contributed by atoms with Crippen LogP contribution in [0, 0.1) is 0 Å². The van der Waals surface area contributed by atoms with Crippen molar-refractivity contribution in [3.8, 4) is 11.3 Å². The molecule has 0 aliphatic carbocycles. The molecule has 10 heteroatoms. The third-order valence-electron chi connectivity index (χ3n) is 6.66.